The first-order valence-corrected chi connectivity index (χ1v) is 6.64. The van der Waals surface area contributed by atoms with Gasteiger partial charge in [-0.1, -0.05) is 12.1 Å². The van der Waals surface area contributed by atoms with Crippen LogP contribution in [0.5, 0.6) is 5.75 Å². The van der Waals surface area contributed by atoms with E-state index in [0.717, 1.165) is 0 Å². The Morgan fingerprint density at radius 2 is 1.38 bits per heavy atom. The van der Waals surface area contributed by atoms with Crippen LogP contribution in [0.1, 0.15) is 28.4 Å². The highest BCUT2D eigenvalue weighted by atomic mass is 19.4. The molecule has 0 aliphatic rings. The fraction of sp³-hybridized carbons (Fsp3) is 0.250. The van der Waals surface area contributed by atoms with E-state index in [9.17, 15) is 31.4 Å². The molecular formula is C16H12F6O2. The third kappa shape index (κ3) is 4.00. The first-order chi connectivity index (χ1) is 11.0. The number of rotatable bonds is 3. The van der Waals surface area contributed by atoms with Crippen molar-refractivity contribution < 1.29 is 36.2 Å². The molecule has 0 heterocycles. The van der Waals surface area contributed by atoms with Crippen LogP contribution in [0.2, 0.25) is 0 Å². The molecule has 0 spiro atoms. The van der Waals surface area contributed by atoms with Crippen LogP contribution in [0.4, 0.5) is 26.3 Å². The minimum absolute atomic E-state index is 0.0157. The molecule has 0 aliphatic carbocycles. The van der Waals surface area contributed by atoms with Gasteiger partial charge in [0.1, 0.15) is 11.9 Å². The smallest absolute Gasteiger partial charge is 0.416 e. The summed E-state index contributed by atoms with van der Waals surface area (Å²) in [5, 5.41) is 10.2. The number of aliphatic hydroxyl groups is 1. The van der Waals surface area contributed by atoms with Crippen molar-refractivity contribution in [3.8, 4) is 5.75 Å². The summed E-state index contributed by atoms with van der Waals surface area (Å²) in [5.74, 6) is 0.314. The predicted octanol–water partition coefficient (Wildman–Crippen LogP) is 4.81. The van der Waals surface area contributed by atoms with Crippen LogP contribution in [0.15, 0.2) is 42.5 Å². The molecule has 0 amide bonds. The van der Waals surface area contributed by atoms with Gasteiger partial charge < -0.3 is 9.84 Å². The van der Waals surface area contributed by atoms with Gasteiger partial charge in [0.15, 0.2) is 0 Å². The Labute approximate surface area is 133 Å². The van der Waals surface area contributed by atoms with E-state index >= 15 is 0 Å². The van der Waals surface area contributed by atoms with Crippen molar-refractivity contribution in [2.24, 2.45) is 0 Å². The minimum Gasteiger partial charge on any atom is -0.497 e. The Morgan fingerprint density at radius 1 is 0.833 bits per heavy atom. The zero-order valence-corrected chi connectivity index (χ0v) is 12.2. The van der Waals surface area contributed by atoms with E-state index in [2.05, 4.69) is 0 Å². The summed E-state index contributed by atoms with van der Waals surface area (Å²) in [7, 11) is 1.34. The molecule has 1 atom stereocenters. The SMILES string of the molecule is COc1cccc(C(O)c2cc(C(F)(F)F)cc(C(F)(F)F)c2)c1. The second kappa shape index (κ2) is 6.35. The Kier molecular flexibility index (Phi) is 4.80. The summed E-state index contributed by atoms with van der Waals surface area (Å²) >= 11 is 0. The number of aliphatic hydroxyl groups excluding tert-OH is 1. The number of hydrogen-bond donors (Lipinski definition) is 1. The number of methoxy groups -OCH3 is 1. The summed E-state index contributed by atoms with van der Waals surface area (Å²) in [6.45, 7) is 0. The van der Waals surface area contributed by atoms with Crippen LogP contribution in [-0.2, 0) is 12.4 Å². The van der Waals surface area contributed by atoms with Crippen LogP contribution in [-0.4, -0.2) is 12.2 Å². The Hall–Kier alpha value is -2.22. The van der Waals surface area contributed by atoms with Gasteiger partial charge in [-0.3, -0.25) is 0 Å². The first kappa shape index (κ1) is 18.1. The second-order valence-corrected chi connectivity index (χ2v) is 5.02. The summed E-state index contributed by atoms with van der Waals surface area (Å²) < 4.78 is 82.0. The Morgan fingerprint density at radius 3 is 1.83 bits per heavy atom. The van der Waals surface area contributed by atoms with Gasteiger partial charge in [0, 0.05) is 0 Å². The molecule has 0 saturated heterocycles. The highest BCUT2D eigenvalue weighted by Crippen LogP contribution is 2.38. The molecule has 0 aromatic heterocycles. The van der Waals surface area contributed by atoms with Gasteiger partial charge in [0.05, 0.1) is 18.2 Å². The molecule has 2 nitrogen and oxygen atoms in total. The lowest BCUT2D eigenvalue weighted by molar-refractivity contribution is -0.143. The van der Waals surface area contributed by atoms with Crippen molar-refractivity contribution >= 4 is 0 Å². The molecule has 24 heavy (non-hydrogen) atoms. The third-order valence-corrected chi connectivity index (χ3v) is 3.34. The third-order valence-electron chi connectivity index (χ3n) is 3.34. The summed E-state index contributed by atoms with van der Waals surface area (Å²) in [6, 6.07) is 6.72. The Balaban J connectivity index is 2.55. The van der Waals surface area contributed by atoms with Crippen LogP contribution >= 0.6 is 0 Å². The summed E-state index contributed by atoms with van der Waals surface area (Å²) in [4.78, 5) is 0. The molecule has 0 fully saturated rings. The number of hydrogen-bond acceptors (Lipinski definition) is 2. The Bertz CT molecular complexity index is 689. The zero-order valence-electron chi connectivity index (χ0n) is 12.2. The highest BCUT2D eigenvalue weighted by Gasteiger charge is 2.37. The summed E-state index contributed by atoms with van der Waals surface area (Å²) in [6.07, 6.45) is -11.6. The molecule has 0 aliphatic heterocycles. The van der Waals surface area contributed by atoms with Gasteiger partial charge >= 0.3 is 12.4 Å². The lowest BCUT2D eigenvalue weighted by Crippen LogP contribution is -2.13. The fourth-order valence-electron chi connectivity index (χ4n) is 2.14. The van der Waals surface area contributed by atoms with Crippen LogP contribution < -0.4 is 4.74 Å². The average molecular weight is 350 g/mol. The van der Waals surface area contributed by atoms with Crippen molar-refractivity contribution in [1.29, 1.82) is 0 Å². The van der Waals surface area contributed by atoms with E-state index in [4.69, 9.17) is 4.74 Å². The van der Waals surface area contributed by atoms with Gasteiger partial charge in [-0.25, -0.2) is 0 Å². The average Bonchev–Trinajstić information content (AvgIpc) is 2.52. The molecule has 2 rings (SSSR count). The van der Waals surface area contributed by atoms with Crippen LogP contribution in [0, 0.1) is 0 Å². The van der Waals surface area contributed by atoms with E-state index < -0.39 is 35.1 Å². The highest BCUT2D eigenvalue weighted by molar-refractivity contribution is 5.40. The monoisotopic (exact) mass is 350 g/mol. The molecule has 0 radical (unpaired) electrons. The zero-order chi connectivity index (χ0) is 18.1. The summed E-state index contributed by atoms with van der Waals surface area (Å²) in [5.41, 5.74) is -3.35. The molecule has 1 unspecified atom stereocenters. The number of alkyl halides is 6. The number of benzene rings is 2. The van der Waals surface area contributed by atoms with E-state index in [-0.39, 0.29) is 11.6 Å². The first-order valence-electron chi connectivity index (χ1n) is 6.64. The predicted molar refractivity (Wildman–Crippen MR) is 73.5 cm³/mol. The molecule has 2 aromatic rings. The molecule has 130 valence electrons. The van der Waals surface area contributed by atoms with E-state index in [1.54, 1.807) is 0 Å². The maximum Gasteiger partial charge on any atom is 0.416 e. The minimum atomic E-state index is -4.97. The molecule has 8 heteroatoms. The largest absolute Gasteiger partial charge is 0.497 e. The fourth-order valence-corrected chi connectivity index (χ4v) is 2.14. The standard InChI is InChI=1S/C16H12F6O2/c1-24-13-4-2-3-9(7-13)14(23)10-5-11(15(17,18)19)8-12(6-10)16(20,21)22/h2-8,14,23H,1H3. The van der Waals surface area contributed by atoms with E-state index in [1.165, 1.54) is 31.4 Å². The number of halogens is 6. The maximum absolute atomic E-state index is 12.9. The van der Waals surface area contributed by atoms with Gasteiger partial charge in [-0.15, -0.1) is 0 Å². The second-order valence-electron chi connectivity index (χ2n) is 5.02. The number of ether oxygens (including phenoxy) is 1. The van der Waals surface area contributed by atoms with Gasteiger partial charge in [-0.2, -0.15) is 26.3 Å². The van der Waals surface area contributed by atoms with E-state index in [0.29, 0.717) is 17.9 Å². The molecule has 1 N–H and O–H groups in total. The van der Waals surface area contributed by atoms with Gasteiger partial charge in [0.25, 0.3) is 0 Å². The molecule has 0 bridgehead atoms. The maximum atomic E-state index is 12.9. The molecular weight excluding hydrogens is 338 g/mol. The van der Waals surface area contributed by atoms with Crippen molar-refractivity contribution in [3.05, 3.63) is 64.7 Å². The van der Waals surface area contributed by atoms with Crippen molar-refractivity contribution in [1.82, 2.24) is 0 Å². The van der Waals surface area contributed by atoms with Gasteiger partial charge in [0.2, 0.25) is 0 Å². The van der Waals surface area contributed by atoms with Crippen molar-refractivity contribution in [3.63, 3.8) is 0 Å². The van der Waals surface area contributed by atoms with E-state index in [1.807, 2.05) is 0 Å². The quantitative estimate of drug-likeness (QED) is 0.805. The molecule has 2 aromatic carbocycles. The van der Waals surface area contributed by atoms with Crippen LogP contribution in [0.3, 0.4) is 0 Å². The van der Waals surface area contributed by atoms with Crippen LogP contribution in [0.25, 0.3) is 0 Å². The lowest BCUT2D eigenvalue weighted by atomic mass is 9.96. The molecule has 0 saturated carbocycles. The van der Waals surface area contributed by atoms with Gasteiger partial charge in [-0.05, 0) is 41.5 Å². The lowest BCUT2D eigenvalue weighted by Gasteiger charge is -2.18. The topological polar surface area (TPSA) is 29.5 Å². The van der Waals surface area contributed by atoms with Crippen molar-refractivity contribution in [2.75, 3.05) is 7.11 Å². The van der Waals surface area contributed by atoms with Crippen molar-refractivity contribution in [2.45, 2.75) is 18.5 Å². The normalized spacial score (nSPS) is 13.7.